The van der Waals surface area contributed by atoms with Crippen molar-refractivity contribution < 1.29 is 34.2 Å². The van der Waals surface area contributed by atoms with Crippen molar-refractivity contribution in [2.24, 2.45) is 39.4 Å². The second kappa shape index (κ2) is 8.55. The maximum Gasteiger partial charge on any atom is 0.306 e. The zero-order chi connectivity index (χ0) is 27.9. The van der Waals surface area contributed by atoms with E-state index in [0.29, 0.717) is 29.6 Å². The first-order valence-electron chi connectivity index (χ1n) is 13.4. The molecule has 0 amide bonds. The van der Waals surface area contributed by atoms with E-state index in [1.165, 1.54) is 13.0 Å². The Labute approximate surface area is 218 Å². The van der Waals surface area contributed by atoms with Gasteiger partial charge >= 0.3 is 5.97 Å². The number of carbonyl (C=O) groups is 5. The summed E-state index contributed by atoms with van der Waals surface area (Å²) in [6.07, 6.45) is 2.24. The van der Waals surface area contributed by atoms with Crippen molar-refractivity contribution in [2.45, 2.75) is 93.1 Å². The third-order valence-corrected chi connectivity index (χ3v) is 11.0. The molecule has 0 heterocycles. The largest absolute Gasteiger partial charge is 0.481 e. The third-order valence-electron chi connectivity index (χ3n) is 11.0. The molecule has 4 aliphatic rings. The topological polar surface area (TPSA) is 126 Å². The summed E-state index contributed by atoms with van der Waals surface area (Å²) < 4.78 is 0. The third kappa shape index (κ3) is 3.67. The minimum absolute atomic E-state index is 0.0930. The van der Waals surface area contributed by atoms with Crippen LogP contribution in [-0.2, 0) is 24.0 Å². The molecule has 2 unspecified atom stereocenters. The summed E-state index contributed by atoms with van der Waals surface area (Å²) in [5, 5.41) is 19.9. The predicted molar refractivity (Wildman–Crippen MR) is 136 cm³/mol. The number of aliphatic hydroxyl groups is 1. The van der Waals surface area contributed by atoms with Crippen molar-refractivity contribution >= 4 is 29.1 Å². The fraction of sp³-hybridized carbons (Fsp3) is 0.700. The second-order valence-corrected chi connectivity index (χ2v) is 13.3. The van der Waals surface area contributed by atoms with Gasteiger partial charge in [-0.05, 0) is 55.4 Å². The lowest BCUT2D eigenvalue weighted by Gasteiger charge is -2.59. The first-order chi connectivity index (χ1) is 16.9. The van der Waals surface area contributed by atoms with Gasteiger partial charge in [-0.1, -0.05) is 40.2 Å². The highest BCUT2D eigenvalue weighted by Crippen LogP contribution is 2.69. The van der Waals surface area contributed by atoms with Crippen LogP contribution >= 0.6 is 0 Å². The molecule has 0 radical (unpaired) electrons. The Morgan fingerprint density at radius 1 is 1.03 bits per heavy atom. The first-order valence-corrected chi connectivity index (χ1v) is 13.4. The molecular weight excluding hydrogens is 472 g/mol. The molecule has 0 aliphatic heterocycles. The highest BCUT2D eigenvalue weighted by molar-refractivity contribution is 6.16. The van der Waals surface area contributed by atoms with Crippen LogP contribution in [0.1, 0.15) is 87.0 Å². The molecule has 7 heteroatoms. The van der Waals surface area contributed by atoms with Crippen LogP contribution < -0.4 is 0 Å². The summed E-state index contributed by atoms with van der Waals surface area (Å²) in [6.45, 7) is 12.9. The van der Waals surface area contributed by atoms with Crippen LogP contribution in [0.25, 0.3) is 0 Å². The van der Waals surface area contributed by atoms with E-state index in [2.05, 4.69) is 0 Å². The van der Waals surface area contributed by atoms with E-state index in [4.69, 9.17) is 5.11 Å². The molecule has 4 rings (SSSR count). The molecule has 2 N–H and O–H groups in total. The average molecular weight is 513 g/mol. The molecule has 0 aromatic heterocycles. The van der Waals surface area contributed by atoms with Crippen LogP contribution in [0.3, 0.4) is 0 Å². The summed E-state index contributed by atoms with van der Waals surface area (Å²) in [4.78, 5) is 65.5. The lowest BCUT2D eigenvalue weighted by atomic mass is 9.43. The smallest absolute Gasteiger partial charge is 0.306 e. The number of carboxylic acids is 1. The Bertz CT molecular complexity index is 1170. The molecule has 0 saturated heterocycles. The lowest BCUT2D eigenvalue weighted by Crippen LogP contribution is -2.59. The molecule has 7 nitrogen and oxygen atoms in total. The molecule has 0 spiro atoms. The molecule has 0 aromatic rings. The van der Waals surface area contributed by atoms with Gasteiger partial charge in [0.05, 0.1) is 17.4 Å². The van der Waals surface area contributed by atoms with E-state index in [-0.39, 0.29) is 54.7 Å². The van der Waals surface area contributed by atoms with E-state index >= 15 is 0 Å². The number of carbonyl (C=O) groups excluding carboxylic acids is 4. The highest BCUT2D eigenvalue weighted by Gasteiger charge is 2.70. The van der Waals surface area contributed by atoms with Gasteiger partial charge in [-0.2, -0.15) is 0 Å². The Morgan fingerprint density at radius 2 is 1.65 bits per heavy atom. The fourth-order valence-electron chi connectivity index (χ4n) is 8.42. The monoisotopic (exact) mass is 512 g/mol. The molecule has 202 valence electrons. The molecule has 2 saturated carbocycles. The molecule has 7 atom stereocenters. The van der Waals surface area contributed by atoms with Crippen molar-refractivity contribution in [2.75, 3.05) is 0 Å². The van der Waals surface area contributed by atoms with Gasteiger partial charge in [-0.25, -0.2) is 0 Å². The van der Waals surface area contributed by atoms with Crippen LogP contribution in [0, 0.1) is 39.4 Å². The van der Waals surface area contributed by atoms with Gasteiger partial charge in [0.15, 0.2) is 17.3 Å². The highest BCUT2D eigenvalue weighted by atomic mass is 16.4. The normalized spacial score (nSPS) is 40.2. The number of carboxylic acid groups (broad SMARTS) is 1. The summed E-state index contributed by atoms with van der Waals surface area (Å²) in [5.41, 5.74) is -1.66. The number of aliphatic carboxylic acids is 1. The number of rotatable bonds is 5. The van der Waals surface area contributed by atoms with Gasteiger partial charge < -0.3 is 10.2 Å². The quantitative estimate of drug-likeness (QED) is 0.527. The van der Waals surface area contributed by atoms with E-state index in [9.17, 15) is 29.1 Å². The fourth-order valence-corrected chi connectivity index (χ4v) is 8.42. The van der Waals surface area contributed by atoms with Crippen molar-refractivity contribution in [3.8, 4) is 0 Å². The van der Waals surface area contributed by atoms with E-state index in [1.54, 1.807) is 6.92 Å². The van der Waals surface area contributed by atoms with Crippen LogP contribution in [0.4, 0.5) is 0 Å². The number of hydrogen-bond donors (Lipinski definition) is 2. The standard InChI is InChI=1S/C30H40O7/c1-15(10-17(31)11-16(2)26(36)37)18-12-23(35)30(7)25-19(32)13-21-27(3,4)22(34)8-9-28(21,5)24(25)20(33)14-29(18,30)6/h10,16,18,21-22,34H,8-9,11-14H2,1-7H3,(H,36,37)/b15-10-/t16?,18-,21?,22+,28+,29-,30+/m1/s1. The molecule has 0 aromatic carbocycles. The Kier molecular flexibility index (Phi) is 6.38. The van der Waals surface area contributed by atoms with Crippen LogP contribution in [0.2, 0.25) is 0 Å². The number of allylic oxidation sites excluding steroid dienone is 4. The Hall–Kier alpha value is -2.41. The second-order valence-electron chi connectivity index (χ2n) is 13.3. The van der Waals surface area contributed by atoms with Crippen LogP contribution in [0.15, 0.2) is 22.8 Å². The van der Waals surface area contributed by atoms with Crippen molar-refractivity contribution in [1.82, 2.24) is 0 Å². The van der Waals surface area contributed by atoms with Crippen molar-refractivity contribution in [3.63, 3.8) is 0 Å². The maximum absolute atomic E-state index is 14.0. The number of aliphatic hydroxyl groups excluding tert-OH is 1. The number of ketones is 4. The van der Waals surface area contributed by atoms with Gasteiger partial charge in [0.25, 0.3) is 0 Å². The maximum atomic E-state index is 14.0. The van der Waals surface area contributed by atoms with Crippen molar-refractivity contribution in [1.29, 1.82) is 0 Å². The SMILES string of the molecule is C/C(=C/C(=O)CC(C)C(=O)O)[C@H]1CC(=O)[C@@]2(C)C3=C(C(=O)C[C@]12C)[C@@]1(C)CC[C@H](O)C(C)(C)C1CC3=O. The first kappa shape index (κ1) is 27.6. The molecular formula is C30H40O7. The van der Waals surface area contributed by atoms with E-state index in [1.807, 2.05) is 34.6 Å². The van der Waals surface area contributed by atoms with Gasteiger partial charge in [0.2, 0.25) is 0 Å². The van der Waals surface area contributed by atoms with Gasteiger partial charge in [0.1, 0.15) is 5.78 Å². The lowest BCUT2D eigenvalue weighted by molar-refractivity contribution is -0.144. The number of hydrogen-bond acceptors (Lipinski definition) is 6. The zero-order valence-electron chi connectivity index (χ0n) is 23.1. The van der Waals surface area contributed by atoms with Gasteiger partial charge in [-0.3, -0.25) is 24.0 Å². The molecule has 2 fully saturated rings. The molecule has 37 heavy (non-hydrogen) atoms. The van der Waals surface area contributed by atoms with E-state index in [0.717, 1.165) is 0 Å². The van der Waals surface area contributed by atoms with Crippen LogP contribution in [-0.4, -0.2) is 45.4 Å². The zero-order valence-corrected chi connectivity index (χ0v) is 23.1. The predicted octanol–water partition coefficient (Wildman–Crippen LogP) is 4.26. The summed E-state index contributed by atoms with van der Waals surface area (Å²) in [7, 11) is 0. The van der Waals surface area contributed by atoms with Gasteiger partial charge in [-0.15, -0.1) is 0 Å². The molecule has 4 aliphatic carbocycles. The minimum Gasteiger partial charge on any atom is -0.481 e. The molecule has 0 bridgehead atoms. The summed E-state index contributed by atoms with van der Waals surface area (Å²) in [5.74, 6) is -3.18. The number of fused-ring (bicyclic) bond motifs is 4. The average Bonchev–Trinajstić information content (AvgIpc) is 2.99. The minimum atomic E-state index is -1.15. The van der Waals surface area contributed by atoms with Gasteiger partial charge in [0, 0.05) is 42.2 Å². The van der Waals surface area contributed by atoms with Crippen molar-refractivity contribution in [3.05, 3.63) is 22.8 Å². The van der Waals surface area contributed by atoms with Crippen LogP contribution in [0.5, 0.6) is 0 Å². The summed E-state index contributed by atoms with van der Waals surface area (Å²) in [6, 6.07) is 0. The number of Topliss-reactive ketones (excluding diaryl/α,β-unsaturated/α-hetero) is 3. The van der Waals surface area contributed by atoms with E-state index < -0.39 is 45.6 Å². The Morgan fingerprint density at radius 3 is 2.24 bits per heavy atom. The summed E-state index contributed by atoms with van der Waals surface area (Å²) >= 11 is 0. The Balaban J connectivity index is 1.81.